The molecule has 1 aromatic heterocycles. The third kappa shape index (κ3) is 5.63. The lowest BCUT2D eigenvalue weighted by Gasteiger charge is -2.14. The number of rotatable bonds is 6. The molecule has 23 heavy (non-hydrogen) atoms. The Bertz CT molecular complexity index is 683. The van der Waals surface area contributed by atoms with Gasteiger partial charge in [-0.3, -0.25) is 9.48 Å². The third-order valence-corrected chi connectivity index (χ3v) is 3.29. The lowest BCUT2D eigenvalue weighted by atomic mass is 10.1. The summed E-state index contributed by atoms with van der Waals surface area (Å²) in [5.41, 5.74) is 6.64. The van der Waals surface area contributed by atoms with Crippen LogP contribution in [-0.2, 0) is 17.8 Å². The fourth-order valence-corrected chi connectivity index (χ4v) is 2.22. The van der Waals surface area contributed by atoms with E-state index in [0.717, 1.165) is 5.56 Å². The summed E-state index contributed by atoms with van der Waals surface area (Å²) in [5, 5.41) is 10.1. The van der Waals surface area contributed by atoms with Crippen LogP contribution in [0.2, 0.25) is 5.02 Å². The number of aromatic nitrogens is 2. The van der Waals surface area contributed by atoms with E-state index >= 15 is 0 Å². The summed E-state index contributed by atoms with van der Waals surface area (Å²) in [5.74, 6) is -0.499. The molecule has 0 aliphatic rings. The van der Waals surface area contributed by atoms with Gasteiger partial charge in [-0.15, -0.1) is 0 Å². The molecule has 2 rings (SSSR count). The smallest absolute Gasteiger partial charge is 0.319 e. The second kappa shape index (κ2) is 7.64. The second-order valence-electron chi connectivity index (χ2n) is 5.22. The summed E-state index contributed by atoms with van der Waals surface area (Å²) in [7, 11) is 0. The highest BCUT2D eigenvalue weighted by atomic mass is 35.5. The molecule has 1 heterocycles. The van der Waals surface area contributed by atoms with Crippen molar-refractivity contribution in [2.75, 3.05) is 5.32 Å². The molecule has 0 aliphatic carbocycles. The number of nitrogens with zero attached hydrogens (tertiary/aromatic N) is 2. The number of nitrogens with two attached hydrogens (primary N) is 1. The topological polar surface area (TPSA) is 102 Å². The van der Waals surface area contributed by atoms with Crippen LogP contribution in [0.25, 0.3) is 0 Å². The van der Waals surface area contributed by atoms with Crippen LogP contribution >= 0.6 is 11.6 Å². The number of carbonyl (C=O) groups is 2. The SMILES string of the molecule is C[C@H](Cc1ccc(Cl)cc1)NC(=O)Nc1cnn(CC(N)=O)c1. The van der Waals surface area contributed by atoms with E-state index in [-0.39, 0.29) is 18.6 Å². The third-order valence-electron chi connectivity index (χ3n) is 3.04. The first-order valence-corrected chi connectivity index (χ1v) is 7.43. The van der Waals surface area contributed by atoms with Crippen LogP contribution in [0.1, 0.15) is 12.5 Å². The van der Waals surface area contributed by atoms with E-state index in [1.54, 1.807) is 0 Å². The van der Waals surface area contributed by atoms with Gasteiger partial charge in [0.2, 0.25) is 5.91 Å². The van der Waals surface area contributed by atoms with Crippen molar-refractivity contribution in [3.8, 4) is 0 Å². The molecule has 0 saturated carbocycles. The fraction of sp³-hybridized carbons (Fsp3) is 0.267. The van der Waals surface area contributed by atoms with Crippen LogP contribution < -0.4 is 16.4 Å². The van der Waals surface area contributed by atoms with E-state index in [1.165, 1.54) is 17.1 Å². The molecular formula is C15H18ClN5O2. The molecule has 1 atom stereocenters. The van der Waals surface area contributed by atoms with E-state index in [0.29, 0.717) is 17.1 Å². The van der Waals surface area contributed by atoms with Gasteiger partial charge in [0.1, 0.15) is 6.54 Å². The summed E-state index contributed by atoms with van der Waals surface area (Å²) < 4.78 is 1.36. The summed E-state index contributed by atoms with van der Waals surface area (Å²) in [6, 6.07) is 7.08. The molecule has 7 nitrogen and oxygen atoms in total. The summed E-state index contributed by atoms with van der Waals surface area (Å²) >= 11 is 5.84. The summed E-state index contributed by atoms with van der Waals surface area (Å²) in [4.78, 5) is 22.7. The minimum Gasteiger partial charge on any atom is -0.368 e. The molecule has 0 fully saturated rings. The van der Waals surface area contributed by atoms with Crippen molar-refractivity contribution in [1.29, 1.82) is 0 Å². The lowest BCUT2D eigenvalue weighted by molar-refractivity contribution is -0.118. The number of hydrogen-bond acceptors (Lipinski definition) is 3. The summed E-state index contributed by atoms with van der Waals surface area (Å²) in [6.07, 6.45) is 3.67. The van der Waals surface area contributed by atoms with Crippen molar-refractivity contribution in [1.82, 2.24) is 15.1 Å². The predicted octanol–water partition coefficient (Wildman–Crippen LogP) is 1.77. The zero-order chi connectivity index (χ0) is 16.8. The second-order valence-corrected chi connectivity index (χ2v) is 5.66. The highest BCUT2D eigenvalue weighted by Gasteiger charge is 2.10. The molecule has 0 unspecified atom stereocenters. The van der Waals surface area contributed by atoms with E-state index in [1.807, 2.05) is 31.2 Å². The standard InChI is InChI=1S/C15H18ClN5O2/c1-10(6-11-2-4-12(16)5-3-11)19-15(23)20-13-7-18-21(8-13)9-14(17)22/h2-5,7-8,10H,6,9H2,1H3,(H2,17,22)(H2,19,20,23)/t10-/m1/s1. The quantitative estimate of drug-likeness (QED) is 0.749. The van der Waals surface area contributed by atoms with Crippen molar-refractivity contribution in [2.24, 2.45) is 5.73 Å². The maximum Gasteiger partial charge on any atom is 0.319 e. The molecule has 8 heteroatoms. The van der Waals surface area contributed by atoms with Gasteiger partial charge in [-0.05, 0) is 31.0 Å². The van der Waals surface area contributed by atoms with Gasteiger partial charge in [-0.2, -0.15) is 5.10 Å². The summed E-state index contributed by atoms with van der Waals surface area (Å²) in [6.45, 7) is 1.88. The lowest BCUT2D eigenvalue weighted by Crippen LogP contribution is -2.37. The van der Waals surface area contributed by atoms with Crippen molar-refractivity contribution < 1.29 is 9.59 Å². The van der Waals surface area contributed by atoms with Crippen molar-refractivity contribution in [3.63, 3.8) is 0 Å². The van der Waals surface area contributed by atoms with Gasteiger partial charge < -0.3 is 16.4 Å². The van der Waals surface area contributed by atoms with Gasteiger partial charge in [0.05, 0.1) is 11.9 Å². The predicted molar refractivity (Wildman–Crippen MR) is 88.2 cm³/mol. The number of nitrogens with one attached hydrogen (secondary N) is 2. The minimum atomic E-state index is -0.499. The molecule has 2 aromatic rings. The highest BCUT2D eigenvalue weighted by Crippen LogP contribution is 2.11. The number of urea groups is 1. The maximum atomic E-state index is 11.9. The van der Waals surface area contributed by atoms with Crippen LogP contribution in [0.5, 0.6) is 0 Å². The number of carbonyl (C=O) groups excluding carboxylic acids is 2. The average Bonchev–Trinajstić information content (AvgIpc) is 2.87. The van der Waals surface area contributed by atoms with Gasteiger partial charge >= 0.3 is 6.03 Å². The Labute approximate surface area is 138 Å². The van der Waals surface area contributed by atoms with Crippen LogP contribution in [0.3, 0.4) is 0 Å². The van der Waals surface area contributed by atoms with Crippen molar-refractivity contribution in [2.45, 2.75) is 25.9 Å². The van der Waals surface area contributed by atoms with Crippen LogP contribution in [0.15, 0.2) is 36.7 Å². The molecule has 3 amide bonds. The Kier molecular flexibility index (Phi) is 5.59. The number of primary amides is 1. The first-order chi connectivity index (χ1) is 10.9. The molecule has 122 valence electrons. The number of anilines is 1. The van der Waals surface area contributed by atoms with Crippen LogP contribution in [-0.4, -0.2) is 27.8 Å². The average molecular weight is 336 g/mol. The first-order valence-electron chi connectivity index (χ1n) is 7.05. The number of halogens is 1. The number of benzene rings is 1. The maximum absolute atomic E-state index is 11.9. The zero-order valence-corrected chi connectivity index (χ0v) is 13.4. The molecule has 0 saturated heterocycles. The van der Waals surface area contributed by atoms with Gasteiger partial charge in [0.25, 0.3) is 0 Å². The van der Waals surface area contributed by atoms with Crippen molar-refractivity contribution in [3.05, 3.63) is 47.2 Å². The Hall–Kier alpha value is -2.54. The molecule has 0 spiro atoms. The Morgan fingerprint density at radius 2 is 2.04 bits per heavy atom. The van der Waals surface area contributed by atoms with Gasteiger partial charge in [-0.1, -0.05) is 23.7 Å². The van der Waals surface area contributed by atoms with Crippen LogP contribution in [0.4, 0.5) is 10.5 Å². The zero-order valence-electron chi connectivity index (χ0n) is 12.6. The van der Waals surface area contributed by atoms with Gasteiger partial charge in [0, 0.05) is 17.3 Å². The van der Waals surface area contributed by atoms with E-state index in [4.69, 9.17) is 17.3 Å². The largest absolute Gasteiger partial charge is 0.368 e. The Morgan fingerprint density at radius 3 is 2.70 bits per heavy atom. The Morgan fingerprint density at radius 1 is 1.35 bits per heavy atom. The Balaban J connectivity index is 1.82. The number of hydrogen-bond donors (Lipinski definition) is 3. The number of amides is 3. The molecule has 4 N–H and O–H groups in total. The molecular weight excluding hydrogens is 318 g/mol. The monoisotopic (exact) mass is 335 g/mol. The van der Waals surface area contributed by atoms with Gasteiger partial charge in [-0.25, -0.2) is 4.79 Å². The van der Waals surface area contributed by atoms with E-state index < -0.39 is 5.91 Å². The van der Waals surface area contributed by atoms with Gasteiger partial charge in [0.15, 0.2) is 0 Å². The minimum absolute atomic E-state index is 0.0315. The molecule has 0 radical (unpaired) electrons. The molecule has 1 aromatic carbocycles. The normalized spacial score (nSPS) is 11.7. The first kappa shape index (κ1) is 16.8. The molecule has 0 aliphatic heterocycles. The van der Waals surface area contributed by atoms with E-state index in [2.05, 4.69) is 15.7 Å². The van der Waals surface area contributed by atoms with Crippen LogP contribution in [0, 0.1) is 0 Å². The van der Waals surface area contributed by atoms with E-state index in [9.17, 15) is 9.59 Å². The molecule has 0 bridgehead atoms. The fourth-order valence-electron chi connectivity index (χ4n) is 2.09. The van der Waals surface area contributed by atoms with Crippen molar-refractivity contribution >= 4 is 29.2 Å². The highest BCUT2D eigenvalue weighted by molar-refractivity contribution is 6.30.